The topological polar surface area (TPSA) is 29.9 Å². The first-order chi connectivity index (χ1) is 8.20. The van der Waals surface area contributed by atoms with Crippen LogP contribution in [-0.4, -0.2) is 16.3 Å². The van der Waals surface area contributed by atoms with Gasteiger partial charge in [0.2, 0.25) is 0 Å². The van der Waals surface area contributed by atoms with Gasteiger partial charge in [0.05, 0.1) is 6.54 Å². The fourth-order valence-electron chi connectivity index (χ4n) is 1.81. The molecule has 4 heteroatoms. The summed E-state index contributed by atoms with van der Waals surface area (Å²) < 4.78 is 2.05. The van der Waals surface area contributed by atoms with E-state index < -0.39 is 0 Å². The molecule has 2 aromatic rings. The van der Waals surface area contributed by atoms with Gasteiger partial charge in [-0.25, -0.2) is 0 Å². The van der Waals surface area contributed by atoms with Crippen molar-refractivity contribution < 1.29 is 0 Å². The standard InChI is InChI=1S/C13H19N3S/c1-4-14-8-13-7-12(11(3)17-13)9-16-10(2)5-6-15-16/h5-7,14H,4,8-9H2,1-3H3. The Morgan fingerprint density at radius 1 is 1.41 bits per heavy atom. The summed E-state index contributed by atoms with van der Waals surface area (Å²) in [6.07, 6.45) is 1.86. The molecule has 1 N–H and O–H groups in total. The predicted octanol–water partition coefficient (Wildman–Crippen LogP) is 2.72. The van der Waals surface area contributed by atoms with Crippen LogP contribution in [0.2, 0.25) is 0 Å². The first-order valence-corrected chi connectivity index (χ1v) is 6.79. The van der Waals surface area contributed by atoms with E-state index in [1.165, 1.54) is 21.0 Å². The lowest BCUT2D eigenvalue weighted by atomic mass is 10.2. The molecule has 0 aliphatic heterocycles. The lowest BCUT2D eigenvalue weighted by Gasteiger charge is -2.03. The fraction of sp³-hybridized carbons (Fsp3) is 0.462. The second-order valence-corrected chi connectivity index (χ2v) is 5.55. The first kappa shape index (κ1) is 12.3. The highest BCUT2D eigenvalue weighted by atomic mass is 32.1. The minimum atomic E-state index is 0.882. The molecule has 0 aromatic carbocycles. The van der Waals surface area contributed by atoms with E-state index in [0.29, 0.717) is 0 Å². The molecule has 0 fully saturated rings. The van der Waals surface area contributed by atoms with Gasteiger partial charge in [-0.2, -0.15) is 5.10 Å². The Kier molecular flexibility index (Phi) is 3.97. The molecule has 0 aliphatic carbocycles. The van der Waals surface area contributed by atoms with Gasteiger partial charge < -0.3 is 5.32 Å². The highest BCUT2D eigenvalue weighted by molar-refractivity contribution is 7.12. The van der Waals surface area contributed by atoms with Gasteiger partial charge in [-0.05, 0) is 38.1 Å². The largest absolute Gasteiger partial charge is 0.312 e. The van der Waals surface area contributed by atoms with Crippen LogP contribution in [0.5, 0.6) is 0 Å². The molecule has 2 rings (SSSR count). The van der Waals surface area contributed by atoms with Crippen LogP contribution in [0, 0.1) is 13.8 Å². The molecular weight excluding hydrogens is 230 g/mol. The molecule has 2 aromatic heterocycles. The van der Waals surface area contributed by atoms with Gasteiger partial charge in [-0.3, -0.25) is 4.68 Å². The lowest BCUT2D eigenvalue weighted by molar-refractivity contribution is 0.663. The number of hydrogen-bond acceptors (Lipinski definition) is 3. The summed E-state index contributed by atoms with van der Waals surface area (Å²) in [6, 6.07) is 4.34. The van der Waals surface area contributed by atoms with Gasteiger partial charge in [-0.15, -0.1) is 11.3 Å². The maximum atomic E-state index is 4.33. The summed E-state index contributed by atoms with van der Waals surface area (Å²) >= 11 is 1.88. The fourth-order valence-corrected chi connectivity index (χ4v) is 2.83. The molecular formula is C13H19N3S. The van der Waals surface area contributed by atoms with Crippen LogP contribution in [0.4, 0.5) is 0 Å². The van der Waals surface area contributed by atoms with Crippen molar-refractivity contribution in [1.29, 1.82) is 0 Å². The summed E-state index contributed by atoms with van der Waals surface area (Å²) in [5, 5.41) is 7.69. The Morgan fingerprint density at radius 3 is 2.88 bits per heavy atom. The minimum absolute atomic E-state index is 0.882. The van der Waals surface area contributed by atoms with Crippen LogP contribution in [0.3, 0.4) is 0 Å². The third kappa shape index (κ3) is 2.96. The number of aromatic nitrogens is 2. The molecule has 0 amide bonds. The third-order valence-electron chi connectivity index (χ3n) is 2.87. The highest BCUT2D eigenvalue weighted by Crippen LogP contribution is 2.22. The molecule has 92 valence electrons. The number of aryl methyl sites for hydroxylation is 2. The van der Waals surface area contributed by atoms with E-state index in [0.717, 1.165) is 19.6 Å². The van der Waals surface area contributed by atoms with E-state index in [-0.39, 0.29) is 0 Å². The Hall–Kier alpha value is -1.13. The smallest absolute Gasteiger partial charge is 0.0673 e. The van der Waals surface area contributed by atoms with Crippen LogP contribution in [0.1, 0.15) is 27.9 Å². The number of thiophene rings is 1. The van der Waals surface area contributed by atoms with Crippen molar-refractivity contribution in [2.24, 2.45) is 0 Å². The average molecular weight is 249 g/mol. The van der Waals surface area contributed by atoms with Crippen LogP contribution in [0.25, 0.3) is 0 Å². The average Bonchev–Trinajstić information content (AvgIpc) is 2.85. The maximum absolute atomic E-state index is 4.33. The molecule has 0 spiro atoms. The molecule has 0 aliphatic rings. The van der Waals surface area contributed by atoms with Crippen molar-refractivity contribution in [2.75, 3.05) is 6.54 Å². The van der Waals surface area contributed by atoms with Crippen molar-refractivity contribution in [3.8, 4) is 0 Å². The van der Waals surface area contributed by atoms with Gasteiger partial charge in [0, 0.05) is 28.2 Å². The number of nitrogens with zero attached hydrogens (tertiary/aromatic N) is 2. The third-order valence-corrected chi connectivity index (χ3v) is 3.96. The van der Waals surface area contributed by atoms with Crippen molar-refractivity contribution in [3.05, 3.63) is 39.3 Å². The monoisotopic (exact) mass is 249 g/mol. The van der Waals surface area contributed by atoms with Crippen LogP contribution >= 0.6 is 11.3 Å². The van der Waals surface area contributed by atoms with Crippen LogP contribution in [0.15, 0.2) is 18.3 Å². The maximum Gasteiger partial charge on any atom is 0.0673 e. The molecule has 0 saturated carbocycles. The van der Waals surface area contributed by atoms with E-state index in [4.69, 9.17) is 0 Å². The normalized spacial score (nSPS) is 11.0. The molecule has 3 nitrogen and oxygen atoms in total. The molecule has 2 heterocycles. The van der Waals surface area contributed by atoms with Crippen LogP contribution < -0.4 is 5.32 Å². The van der Waals surface area contributed by atoms with E-state index in [9.17, 15) is 0 Å². The Labute approximate surface area is 106 Å². The molecule has 0 unspecified atom stereocenters. The zero-order valence-corrected chi connectivity index (χ0v) is 11.5. The predicted molar refractivity (Wildman–Crippen MR) is 72.5 cm³/mol. The van der Waals surface area contributed by atoms with Gasteiger partial charge in [0.15, 0.2) is 0 Å². The summed E-state index contributed by atoms with van der Waals surface area (Å²) in [5.74, 6) is 0. The van der Waals surface area contributed by atoms with E-state index >= 15 is 0 Å². The van der Waals surface area contributed by atoms with Crippen molar-refractivity contribution >= 4 is 11.3 Å². The minimum Gasteiger partial charge on any atom is -0.312 e. The SMILES string of the molecule is CCNCc1cc(Cn2nccc2C)c(C)s1. The van der Waals surface area contributed by atoms with Crippen molar-refractivity contribution in [3.63, 3.8) is 0 Å². The van der Waals surface area contributed by atoms with E-state index in [1.807, 2.05) is 28.3 Å². The Bertz CT molecular complexity index is 485. The second-order valence-electron chi connectivity index (χ2n) is 4.20. The summed E-state index contributed by atoms with van der Waals surface area (Å²) in [6.45, 7) is 9.29. The lowest BCUT2D eigenvalue weighted by Crippen LogP contribution is -2.10. The number of nitrogens with one attached hydrogen (secondary N) is 1. The molecule has 0 bridgehead atoms. The Morgan fingerprint density at radius 2 is 2.24 bits per heavy atom. The van der Waals surface area contributed by atoms with Gasteiger partial charge >= 0.3 is 0 Å². The molecule has 17 heavy (non-hydrogen) atoms. The summed E-state index contributed by atoms with van der Waals surface area (Å²) in [7, 11) is 0. The van der Waals surface area contributed by atoms with Crippen molar-refractivity contribution in [1.82, 2.24) is 15.1 Å². The highest BCUT2D eigenvalue weighted by Gasteiger charge is 2.07. The van der Waals surface area contributed by atoms with E-state index in [2.05, 4.69) is 37.3 Å². The summed E-state index contributed by atoms with van der Waals surface area (Å²) in [4.78, 5) is 2.80. The second kappa shape index (κ2) is 5.47. The quantitative estimate of drug-likeness (QED) is 0.883. The molecule has 0 radical (unpaired) electrons. The van der Waals surface area contributed by atoms with Gasteiger partial charge in [0.1, 0.15) is 0 Å². The van der Waals surface area contributed by atoms with E-state index in [1.54, 1.807) is 0 Å². The van der Waals surface area contributed by atoms with Crippen LogP contribution in [-0.2, 0) is 13.1 Å². The molecule has 0 saturated heterocycles. The zero-order valence-electron chi connectivity index (χ0n) is 10.7. The number of rotatable bonds is 5. The first-order valence-electron chi connectivity index (χ1n) is 5.98. The van der Waals surface area contributed by atoms with Gasteiger partial charge in [-0.1, -0.05) is 6.92 Å². The summed E-state index contributed by atoms with van der Waals surface area (Å²) in [5.41, 5.74) is 2.60. The zero-order chi connectivity index (χ0) is 12.3. The Balaban J connectivity index is 2.11. The van der Waals surface area contributed by atoms with Crippen molar-refractivity contribution in [2.45, 2.75) is 33.9 Å². The molecule has 0 atom stereocenters. The van der Waals surface area contributed by atoms with Gasteiger partial charge in [0.25, 0.3) is 0 Å². The number of hydrogen-bond donors (Lipinski definition) is 1.